The number of imidazole rings is 2. The number of rotatable bonds is 14. The first-order chi connectivity index (χ1) is 16.6. The Morgan fingerprint density at radius 2 is 1.31 bits per heavy atom. The molecule has 15 nitrogen and oxygen atoms in total. The second-order valence-electron chi connectivity index (χ2n) is 7.80. The van der Waals surface area contributed by atoms with Crippen LogP contribution in [0.2, 0.25) is 0 Å². The molecule has 0 aliphatic heterocycles. The van der Waals surface area contributed by atoms with Crippen molar-refractivity contribution in [1.82, 2.24) is 35.9 Å². The molecule has 0 saturated heterocycles. The molecule has 2 rings (SSSR count). The number of amides is 3. The Morgan fingerprint density at radius 1 is 0.857 bits per heavy atom. The molecule has 2 heterocycles. The van der Waals surface area contributed by atoms with Crippen LogP contribution in [-0.2, 0) is 36.8 Å². The van der Waals surface area contributed by atoms with Gasteiger partial charge in [-0.15, -0.1) is 0 Å². The predicted molar refractivity (Wildman–Crippen MR) is 119 cm³/mol. The lowest BCUT2D eigenvalue weighted by atomic mass is 10.1. The van der Waals surface area contributed by atoms with E-state index in [4.69, 9.17) is 10.8 Å². The standard InChI is InChI=1S/C20H28N8O7/c1-10(21)17(31)27-14(4-11-6-22-8-24-11)19(33)28-15(5-12-7-23-9-25-12)18(32)26-13(20(34)35)2-3-16(29)30/h6-10,13-15H,2-5,21H2,1H3,(H,22,24)(H,23,25)(H,26,32)(H,27,31)(H,28,33)(H,29,30)(H,34,35). The third kappa shape index (κ3) is 8.88. The number of carboxylic acids is 2. The fraction of sp³-hybridized carbons (Fsp3) is 0.450. The Bertz CT molecular complexity index is 1010. The van der Waals surface area contributed by atoms with Gasteiger partial charge < -0.3 is 41.9 Å². The van der Waals surface area contributed by atoms with Crippen LogP contribution in [0.15, 0.2) is 25.0 Å². The lowest BCUT2D eigenvalue weighted by Gasteiger charge is -2.24. The molecule has 2 aromatic rings. The maximum Gasteiger partial charge on any atom is 0.326 e. The average molecular weight is 492 g/mol. The second kappa shape index (κ2) is 12.8. The van der Waals surface area contributed by atoms with Gasteiger partial charge in [0.15, 0.2) is 0 Å². The van der Waals surface area contributed by atoms with Crippen molar-refractivity contribution in [1.29, 1.82) is 0 Å². The summed E-state index contributed by atoms with van der Waals surface area (Å²) in [6, 6.07) is -4.79. The lowest BCUT2D eigenvalue weighted by Crippen LogP contribution is -2.58. The number of nitrogens with two attached hydrogens (primary N) is 1. The smallest absolute Gasteiger partial charge is 0.326 e. The van der Waals surface area contributed by atoms with Gasteiger partial charge in [-0.25, -0.2) is 14.8 Å². The van der Waals surface area contributed by atoms with Crippen LogP contribution in [0.5, 0.6) is 0 Å². The number of carbonyl (C=O) groups is 5. The number of nitrogens with one attached hydrogen (secondary N) is 5. The first-order valence-corrected chi connectivity index (χ1v) is 10.6. The SMILES string of the molecule is CC(N)C(=O)NC(Cc1cnc[nH]1)C(=O)NC(Cc1cnc[nH]1)C(=O)NC(CCC(=O)O)C(=O)O. The van der Waals surface area contributed by atoms with E-state index in [-0.39, 0.29) is 19.3 Å². The van der Waals surface area contributed by atoms with Crippen LogP contribution in [-0.4, -0.2) is 84.0 Å². The highest BCUT2D eigenvalue weighted by molar-refractivity contribution is 5.94. The van der Waals surface area contributed by atoms with E-state index in [9.17, 15) is 29.1 Å². The van der Waals surface area contributed by atoms with Crippen molar-refractivity contribution in [3.63, 3.8) is 0 Å². The summed E-state index contributed by atoms with van der Waals surface area (Å²) in [7, 11) is 0. The molecular formula is C20H28N8O7. The summed E-state index contributed by atoms with van der Waals surface area (Å²) >= 11 is 0. The summed E-state index contributed by atoms with van der Waals surface area (Å²) in [5.41, 5.74) is 6.59. The van der Waals surface area contributed by atoms with E-state index in [0.717, 1.165) is 0 Å². The molecule has 0 radical (unpaired) electrons. The zero-order valence-corrected chi connectivity index (χ0v) is 18.9. The van der Waals surface area contributed by atoms with Crippen LogP contribution in [0.25, 0.3) is 0 Å². The predicted octanol–water partition coefficient (Wildman–Crippen LogP) is -2.33. The highest BCUT2D eigenvalue weighted by Gasteiger charge is 2.31. The molecule has 0 fully saturated rings. The molecule has 4 unspecified atom stereocenters. The molecule has 0 aliphatic carbocycles. The molecule has 0 saturated carbocycles. The minimum absolute atomic E-state index is 0.0129. The van der Waals surface area contributed by atoms with Gasteiger partial charge in [-0.3, -0.25) is 19.2 Å². The van der Waals surface area contributed by atoms with Crippen molar-refractivity contribution in [3.05, 3.63) is 36.4 Å². The van der Waals surface area contributed by atoms with Gasteiger partial charge in [-0.1, -0.05) is 0 Å². The molecule has 0 aliphatic rings. The molecule has 4 atom stereocenters. The Balaban J connectivity index is 2.21. The van der Waals surface area contributed by atoms with E-state index in [1.807, 2.05) is 0 Å². The van der Waals surface area contributed by atoms with Crippen LogP contribution in [0.1, 0.15) is 31.2 Å². The number of H-pyrrole nitrogens is 2. The fourth-order valence-corrected chi connectivity index (χ4v) is 3.02. The molecule has 3 amide bonds. The molecule has 0 spiro atoms. The Hall–Kier alpha value is -4.27. The van der Waals surface area contributed by atoms with Gasteiger partial charge in [-0.05, 0) is 13.3 Å². The minimum Gasteiger partial charge on any atom is -0.481 e. The van der Waals surface area contributed by atoms with Gasteiger partial charge >= 0.3 is 11.9 Å². The first-order valence-electron chi connectivity index (χ1n) is 10.6. The third-order valence-corrected chi connectivity index (χ3v) is 4.90. The van der Waals surface area contributed by atoms with E-state index < -0.39 is 60.2 Å². The molecule has 0 aromatic carbocycles. The molecule has 35 heavy (non-hydrogen) atoms. The van der Waals surface area contributed by atoms with Gasteiger partial charge in [0, 0.05) is 43.0 Å². The molecular weight excluding hydrogens is 464 g/mol. The summed E-state index contributed by atoms with van der Waals surface area (Å²) in [6.45, 7) is 1.44. The van der Waals surface area contributed by atoms with E-state index in [2.05, 4.69) is 35.9 Å². The van der Waals surface area contributed by atoms with Gasteiger partial charge in [-0.2, -0.15) is 0 Å². The maximum absolute atomic E-state index is 13.1. The quantitative estimate of drug-likeness (QED) is 0.140. The molecule has 190 valence electrons. The molecule has 0 bridgehead atoms. The number of aromatic nitrogens is 4. The number of hydrogen-bond acceptors (Lipinski definition) is 8. The van der Waals surface area contributed by atoms with Crippen LogP contribution in [0, 0.1) is 0 Å². The van der Waals surface area contributed by atoms with Gasteiger partial charge in [0.1, 0.15) is 18.1 Å². The highest BCUT2D eigenvalue weighted by Crippen LogP contribution is 2.05. The number of carboxylic acid groups (broad SMARTS) is 2. The lowest BCUT2D eigenvalue weighted by molar-refractivity contribution is -0.143. The average Bonchev–Trinajstić information content (AvgIpc) is 3.49. The minimum atomic E-state index is -1.49. The van der Waals surface area contributed by atoms with Gasteiger partial charge in [0.25, 0.3) is 0 Å². The monoisotopic (exact) mass is 492 g/mol. The van der Waals surface area contributed by atoms with Crippen molar-refractivity contribution in [3.8, 4) is 0 Å². The number of aromatic amines is 2. The summed E-state index contributed by atoms with van der Waals surface area (Å²) in [4.78, 5) is 73.9. The van der Waals surface area contributed by atoms with Gasteiger partial charge in [0.05, 0.1) is 18.7 Å². The molecule has 15 heteroatoms. The van der Waals surface area contributed by atoms with E-state index in [1.165, 1.54) is 32.0 Å². The third-order valence-electron chi connectivity index (χ3n) is 4.90. The number of aliphatic carboxylic acids is 2. The molecule has 9 N–H and O–H groups in total. The number of hydrogen-bond donors (Lipinski definition) is 8. The number of carbonyl (C=O) groups excluding carboxylic acids is 3. The van der Waals surface area contributed by atoms with Crippen molar-refractivity contribution in [2.45, 2.75) is 56.8 Å². The van der Waals surface area contributed by atoms with Crippen molar-refractivity contribution in [2.75, 3.05) is 0 Å². The Morgan fingerprint density at radius 3 is 1.69 bits per heavy atom. The zero-order chi connectivity index (χ0) is 26.0. The molecule has 2 aromatic heterocycles. The topological polar surface area (TPSA) is 245 Å². The highest BCUT2D eigenvalue weighted by atomic mass is 16.4. The van der Waals surface area contributed by atoms with Crippen LogP contribution >= 0.6 is 0 Å². The zero-order valence-electron chi connectivity index (χ0n) is 18.9. The summed E-state index contributed by atoms with van der Waals surface area (Å²) in [6.07, 6.45) is 4.75. The maximum atomic E-state index is 13.1. The summed E-state index contributed by atoms with van der Waals surface area (Å²) < 4.78 is 0. The van der Waals surface area contributed by atoms with E-state index in [0.29, 0.717) is 11.4 Å². The summed E-state index contributed by atoms with van der Waals surface area (Å²) in [5.74, 6) is -4.83. The fourth-order valence-electron chi connectivity index (χ4n) is 3.02. The second-order valence-corrected chi connectivity index (χ2v) is 7.80. The van der Waals surface area contributed by atoms with Crippen LogP contribution < -0.4 is 21.7 Å². The van der Waals surface area contributed by atoms with Crippen LogP contribution in [0.3, 0.4) is 0 Å². The van der Waals surface area contributed by atoms with Crippen molar-refractivity contribution in [2.24, 2.45) is 5.73 Å². The van der Waals surface area contributed by atoms with Crippen molar-refractivity contribution >= 4 is 29.7 Å². The van der Waals surface area contributed by atoms with Crippen LogP contribution in [0.4, 0.5) is 0 Å². The summed E-state index contributed by atoms with van der Waals surface area (Å²) in [5, 5.41) is 25.5. The van der Waals surface area contributed by atoms with E-state index >= 15 is 0 Å². The van der Waals surface area contributed by atoms with E-state index in [1.54, 1.807) is 0 Å². The Kier molecular flexibility index (Phi) is 9.89. The largest absolute Gasteiger partial charge is 0.481 e. The number of nitrogens with zero attached hydrogens (tertiary/aromatic N) is 2. The Labute approximate surface area is 199 Å². The first kappa shape index (κ1) is 27.0. The normalized spacial score (nSPS) is 14.2. The van der Waals surface area contributed by atoms with Crippen molar-refractivity contribution < 1.29 is 34.2 Å². The van der Waals surface area contributed by atoms with Gasteiger partial charge in [0.2, 0.25) is 17.7 Å².